The molecule has 2 heteroatoms. The highest BCUT2D eigenvalue weighted by atomic mass is 16.1. The van der Waals surface area contributed by atoms with Gasteiger partial charge in [-0.3, -0.25) is 9.36 Å². The van der Waals surface area contributed by atoms with Crippen molar-refractivity contribution >= 4 is 5.91 Å². The molecule has 126 valence electrons. The second kappa shape index (κ2) is 6.85. The lowest BCUT2D eigenvalue weighted by atomic mass is 10.0. The van der Waals surface area contributed by atoms with Gasteiger partial charge in [0.15, 0.2) is 0 Å². The van der Waals surface area contributed by atoms with Crippen molar-refractivity contribution in [2.45, 2.75) is 6.92 Å². The zero-order chi connectivity index (χ0) is 17.9. The Hall–Kier alpha value is -3.39. The monoisotopic (exact) mass is 337 g/mol. The molecular formula is C24H19NO. The third-order valence-corrected chi connectivity index (χ3v) is 4.52. The van der Waals surface area contributed by atoms with Crippen LogP contribution in [-0.2, 0) is 0 Å². The number of hydrogen-bond donors (Lipinski definition) is 0. The van der Waals surface area contributed by atoms with E-state index in [0.717, 1.165) is 33.6 Å². The summed E-state index contributed by atoms with van der Waals surface area (Å²) in [6.45, 7) is 1.62. The average Bonchev–Trinajstić information content (AvgIpc) is 3.11. The summed E-state index contributed by atoms with van der Waals surface area (Å²) in [4.78, 5) is 12.6. The summed E-state index contributed by atoms with van der Waals surface area (Å²) in [5.74, 6) is 0.00453. The molecule has 4 rings (SSSR count). The van der Waals surface area contributed by atoms with Gasteiger partial charge in [0.2, 0.25) is 5.91 Å². The summed E-state index contributed by atoms with van der Waals surface area (Å²) in [7, 11) is 0. The predicted molar refractivity (Wildman–Crippen MR) is 107 cm³/mol. The number of carbonyl (C=O) groups excluding carboxylic acids is 1. The van der Waals surface area contributed by atoms with Gasteiger partial charge in [0.1, 0.15) is 0 Å². The topological polar surface area (TPSA) is 22.0 Å². The largest absolute Gasteiger partial charge is 0.279 e. The molecule has 0 bridgehead atoms. The molecule has 0 aliphatic heterocycles. The van der Waals surface area contributed by atoms with E-state index in [1.165, 1.54) is 0 Å². The molecule has 3 aromatic carbocycles. The first kappa shape index (κ1) is 16.1. The zero-order valence-electron chi connectivity index (χ0n) is 14.6. The number of carbonyl (C=O) groups is 1. The molecule has 1 heterocycles. The van der Waals surface area contributed by atoms with Crippen LogP contribution < -0.4 is 0 Å². The van der Waals surface area contributed by atoms with Crippen LogP contribution in [-0.4, -0.2) is 10.5 Å². The van der Waals surface area contributed by atoms with E-state index in [4.69, 9.17) is 0 Å². The van der Waals surface area contributed by atoms with E-state index in [-0.39, 0.29) is 5.91 Å². The molecule has 0 saturated heterocycles. The van der Waals surface area contributed by atoms with Gasteiger partial charge in [0.05, 0.1) is 11.4 Å². The number of aromatic nitrogens is 1. The fourth-order valence-electron chi connectivity index (χ4n) is 3.38. The van der Waals surface area contributed by atoms with Crippen molar-refractivity contribution < 1.29 is 4.79 Å². The van der Waals surface area contributed by atoms with E-state index in [1.807, 2.05) is 71.3 Å². The molecular weight excluding hydrogens is 318 g/mol. The Labute approximate surface area is 153 Å². The van der Waals surface area contributed by atoms with Crippen LogP contribution >= 0.6 is 0 Å². The lowest BCUT2D eigenvalue weighted by Crippen LogP contribution is -2.09. The average molecular weight is 337 g/mol. The van der Waals surface area contributed by atoms with Crippen molar-refractivity contribution in [2.24, 2.45) is 0 Å². The van der Waals surface area contributed by atoms with Gasteiger partial charge in [-0.05, 0) is 22.8 Å². The molecule has 2 nitrogen and oxygen atoms in total. The highest BCUT2D eigenvalue weighted by molar-refractivity contribution is 5.96. The standard InChI is InChI=1S/C24H19NO/c1-18(26)25-23(20-13-7-3-8-14-20)17-22(19-11-5-2-6-12-19)24(25)21-15-9-4-10-16-21/h2-17H,1H3. The summed E-state index contributed by atoms with van der Waals surface area (Å²) >= 11 is 0. The molecule has 0 radical (unpaired) electrons. The lowest BCUT2D eigenvalue weighted by Gasteiger charge is -2.12. The van der Waals surface area contributed by atoms with Gasteiger partial charge in [-0.2, -0.15) is 0 Å². The SMILES string of the molecule is CC(=O)n1c(-c2ccccc2)cc(-c2ccccc2)c1-c1ccccc1. The fraction of sp³-hybridized carbons (Fsp3) is 0.0417. The molecule has 26 heavy (non-hydrogen) atoms. The summed E-state index contributed by atoms with van der Waals surface area (Å²) in [5, 5.41) is 0. The van der Waals surface area contributed by atoms with Crippen molar-refractivity contribution in [1.82, 2.24) is 4.57 Å². The number of hydrogen-bond acceptors (Lipinski definition) is 1. The van der Waals surface area contributed by atoms with E-state index >= 15 is 0 Å². The number of rotatable bonds is 3. The van der Waals surface area contributed by atoms with Crippen LogP contribution in [0.3, 0.4) is 0 Å². The first-order chi connectivity index (χ1) is 12.8. The maximum absolute atomic E-state index is 12.6. The van der Waals surface area contributed by atoms with Crippen LogP contribution in [0.5, 0.6) is 0 Å². The summed E-state index contributed by atoms with van der Waals surface area (Å²) < 4.78 is 1.83. The third kappa shape index (κ3) is 2.86. The van der Waals surface area contributed by atoms with Gasteiger partial charge < -0.3 is 0 Å². The van der Waals surface area contributed by atoms with Gasteiger partial charge in [0, 0.05) is 12.5 Å². The molecule has 0 aliphatic carbocycles. The van der Waals surface area contributed by atoms with E-state index in [2.05, 4.69) is 30.3 Å². The van der Waals surface area contributed by atoms with Crippen LogP contribution in [0.4, 0.5) is 0 Å². The maximum Gasteiger partial charge on any atom is 0.228 e. The second-order valence-electron chi connectivity index (χ2n) is 6.24. The minimum absolute atomic E-state index is 0.00453. The zero-order valence-corrected chi connectivity index (χ0v) is 14.6. The number of nitrogens with zero attached hydrogens (tertiary/aromatic N) is 1. The maximum atomic E-state index is 12.6. The highest BCUT2D eigenvalue weighted by Crippen LogP contribution is 2.38. The Morgan fingerprint density at radius 1 is 0.654 bits per heavy atom. The molecule has 0 unspecified atom stereocenters. The van der Waals surface area contributed by atoms with Crippen LogP contribution in [0.2, 0.25) is 0 Å². The van der Waals surface area contributed by atoms with Crippen molar-refractivity contribution in [3.63, 3.8) is 0 Å². The van der Waals surface area contributed by atoms with Gasteiger partial charge in [-0.25, -0.2) is 0 Å². The van der Waals surface area contributed by atoms with Gasteiger partial charge in [-0.1, -0.05) is 91.0 Å². The van der Waals surface area contributed by atoms with Crippen LogP contribution in [0.15, 0.2) is 97.1 Å². The third-order valence-electron chi connectivity index (χ3n) is 4.52. The van der Waals surface area contributed by atoms with E-state index in [0.29, 0.717) is 0 Å². The molecule has 0 spiro atoms. The minimum atomic E-state index is 0.00453. The number of benzene rings is 3. The summed E-state index contributed by atoms with van der Waals surface area (Å²) in [6, 6.07) is 32.5. The Morgan fingerprint density at radius 3 is 1.62 bits per heavy atom. The molecule has 0 saturated carbocycles. The van der Waals surface area contributed by atoms with E-state index < -0.39 is 0 Å². The molecule has 1 aromatic heterocycles. The van der Waals surface area contributed by atoms with E-state index in [1.54, 1.807) is 6.92 Å². The predicted octanol–water partition coefficient (Wildman–Crippen LogP) is 6.15. The fourth-order valence-corrected chi connectivity index (χ4v) is 3.38. The van der Waals surface area contributed by atoms with Gasteiger partial charge in [0.25, 0.3) is 0 Å². The van der Waals surface area contributed by atoms with Gasteiger partial charge >= 0.3 is 0 Å². The van der Waals surface area contributed by atoms with Crippen LogP contribution in [0.1, 0.15) is 11.7 Å². The summed E-state index contributed by atoms with van der Waals surface area (Å²) in [5.41, 5.74) is 6.07. The van der Waals surface area contributed by atoms with Crippen LogP contribution in [0, 0.1) is 0 Å². The molecule has 4 aromatic rings. The molecule has 0 aliphatic rings. The van der Waals surface area contributed by atoms with Crippen molar-refractivity contribution in [3.05, 3.63) is 97.1 Å². The van der Waals surface area contributed by atoms with E-state index in [9.17, 15) is 4.79 Å². The first-order valence-electron chi connectivity index (χ1n) is 8.68. The Morgan fingerprint density at radius 2 is 1.12 bits per heavy atom. The van der Waals surface area contributed by atoms with Crippen molar-refractivity contribution in [1.29, 1.82) is 0 Å². The Bertz CT molecular complexity index is 1030. The highest BCUT2D eigenvalue weighted by Gasteiger charge is 2.21. The lowest BCUT2D eigenvalue weighted by molar-refractivity contribution is 0.0940. The molecule has 0 fully saturated rings. The Balaban J connectivity index is 2.07. The first-order valence-corrected chi connectivity index (χ1v) is 8.68. The second-order valence-corrected chi connectivity index (χ2v) is 6.24. The molecule has 0 amide bonds. The van der Waals surface area contributed by atoms with Crippen LogP contribution in [0.25, 0.3) is 33.6 Å². The quantitative estimate of drug-likeness (QED) is 0.439. The smallest absolute Gasteiger partial charge is 0.228 e. The summed E-state index contributed by atoms with van der Waals surface area (Å²) in [6.07, 6.45) is 0. The van der Waals surface area contributed by atoms with Gasteiger partial charge in [-0.15, -0.1) is 0 Å². The Kier molecular flexibility index (Phi) is 4.24. The molecule has 0 atom stereocenters. The molecule has 0 N–H and O–H groups in total. The van der Waals surface area contributed by atoms with Crippen molar-refractivity contribution in [2.75, 3.05) is 0 Å². The minimum Gasteiger partial charge on any atom is -0.279 e. The van der Waals surface area contributed by atoms with Crippen molar-refractivity contribution in [3.8, 4) is 33.6 Å². The normalized spacial score (nSPS) is 10.7.